The molecule has 1 unspecified atom stereocenters. The third-order valence-electron chi connectivity index (χ3n) is 4.61. The second-order valence-electron chi connectivity index (χ2n) is 6.50. The van der Waals surface area contributed by atoms with Crippen LogP contribution in [0.3, 0.4) is 0 Å². The van der Waals surface area contributed by atoms with E-state index in [0.29, 0.717) is 16.8 Å². The van der Waals surface area contributed by atoms with E-state index < -0.39 is 18.2 Å². The van der Waals surface area contributed by atoms with Crippen molar-refractivity contribution in [3.8, 4) is 0 Å². The zero-order valence-electron chi connectivity index (χ0n) is 14.8. The smallest absolute Gasteiger partial charge is 0.411 e. The molecule has 1 aliphatic rings. The molecule has 1 heterocycles. The number of oxime groups is 2. The van der Waals surface area contributed by atoms with Crippen molar-refractivity contribution in [1.29, 1.82) is 0 Å². The van der Waals surface area contributed by atoms with Crippen LogP contribution in [0.5, 0.6) is 0 Å². The van der Waals surface area contributed by atoms with Gasteiger partial charge in [-0.05, 0) is 49.2 Å². The van der Waals surface area contributed by atoms with Crippen molar-refractivity contribution in [2.75, 3.05) is 0 Å². The molecule has 9 heteroatoms. The molecule has 148 valence electrons. The first-order valence-corrected chi connectivity index (χ1v) is 8.91. The predicted octanol–water partition coefficient (Wildman–Crippen LogP) is 6.08. The average Bonchev–Trinajstić information content (AvgIpc) is 3.07. The molecule has 0 radical (unpaired) electrons. The molecule has 1 atom stereocenters. The van der Waals surface area contributed by atoms with E-state index in [0.717, 1.165) is 5.56 Å². The van der Waals surface area contributed by atoms with Gasteiger partial charge in [-0.3, -0.25) is 0 Å². The fourth-order valence-corrected chi connectivity index (χ4v) is 3.67. The fourth-order valence-electron chi connectivity index (χ4n) is 3.15. The lowest BCUT2D eigenvalue weighted by atomic mass is 9.86. The Bertz CT molecular complexity index is 969. The molecule has 1 N–H and O–H groups in total. The highest BCUT2D eigenvalue weighted by Gasteiger charge is 2.62. The summed E-state index contributed by atoms with van der Waals surface area (Å²) in [6.07, 6.45) is -5.28. The largest absolute Gasteiger partial charge is 0.435 e. The van der Waals surface area contributed by atoms with Gasteiger partial charge in [0.05, 0.1) is 11.4 Å². The summed E-state index contributed by atoms with van der Waals surface area (Å²) >= 11 is 11.8. The standard InChI is InChI=1S/C19H15Cl2F3N2O2/c1-10-5-12(3-4-16(10)11(2)25-27)17-9-18(28-26-17,19(22,23)24)13-6-14(20)8-15(21)7-13/h3-8,27H,9H2,1-2H3. The van der Waals surface area contributed by atoms with Crippen molar-refractivity contribution in [2.45, 2.75) is 32.0 Å². The Morgan fingerprint density at radius 3 is 2.36 bits per heavy atom. The third kappa shape index (κ3) is 3.56. The molecule has 0 aromatic heterocycles. The number of hydrogen-bond acceptors (Lipinski definition) is 4. The van der Waals surface area contributed by atoms with Gasteiger partial charge in [0.15, 0.2) is 0 Å². The second kappa shape index (κ2) is 7.29. The maximum absolute atomic E-state index is 14.0. The van der Waals surface area contributed by atoms with Gasteiger partial charge in [-0.15, -0.1) is 0 Å². The van der Waals surface area contributed by atoms with Gasteiger partial charge in [0.2, 0.25) is 0 Å². The maximum Gasteiger partial charge on any atom is 0.435 e. The van der Waals surface area contributed by atoms with Crippen LogP contribution in [-0.4, -0.2) is 22.8 Å². The lowest BCUT2D eigenvalue weighted by Gasteiger charge is -2.29. The highest BCUT2D eigenvalue weighted by molar-refractivity contribution is 6.34. The third-order valence-corrected chi connectivity index (χ3v) is 5.05. The number of rotatable bonds is 3. The number of benzene rings is 2. The van der Waals surface area contributed by atoms with Gasteiger partial charge in [0, 0.05) is 27.6 Å². The lowest BCUT2D eigenvalue weighted by molar-refractivity contribution is -0.275. The van der Waals surface area contributed by atoms with Crippen LogP contribution in [-0.2, 0) is 10.4 Å². The monoisotopic (exact) mass is 430 g/mol. The summed E-state index contributed by atoms with van der Waals surface area (Å²) in [7, 11) is 0. The summed E-state index contributed by atoms with van der Waals surface area (Å²) in [5.74, 6) is 0. The van der Waals surface area contributed by atoms with E-state index in [-0.39, 0.29) is 21.3 Å². The van der Waals surface area contributed by atoms with Crippen molar-refractivity contribution >= 4 is 34.6 Å². The zero-order valence-corrected chi connectivity index (χ0v) is 16.3. The van der Waals surface area contributed by atoms with Gasteiger partial charge in [0.1, 0.15) is 0 Å². The molecular formula is C19H15Cl2F3N2O2. The van der Waals surface area contributed by atoms with Crippen LogP contribution in [0.4, 0.5) is 13.2 Å². The van der Waals surface area contributed by atoms with Gasteiger partial charge in [-0.1, -0.05) is 45.6 Å². The summed E-state index contributed by atoms with van der Waals surface area (Å²) < 4.78 is 42.1. The summed E-state index contributed by atoms with van der Waals surface area (Å²) in [4.78, 5) is 4.99. The van der Waals surface area contributed by atoms with Crippen molar-refractivity contribution in [3.05, 3.63) is 68.7 Å². The van der Waals surface area contributed by atoms with Crippen LogP contribution in [0, 0.1) is 6.92 Å². The molecule has 0 amide bonds. The van der Waals surface area contributed by atoms with Crippen LogP contribution in [0.2, 0.25) is 10.0 Å². The molecule has 1 aliphatic heterocycles. The van der Waals surface area contributed by atoms with E-state index in [4.69, 9.17) is 33.2 Å². The molecule has 2 aromatic rings. The average molecular weight is 431 g/mol. The summed E-state index contributed by atoms with van der Waals surface area (Å²) in [5.41, 5.74) is -0.473. The Kier molecular flexibility index (Phi) is 5.34. The van der Waals surface area contributed by atoms with Gasteiger partial charge < -0.3 is 10.0 Å². The van der Waals surface area contributed by atoms with Crippen LogP contribution < -0.4 is 0 Å². The van der Waals surface area contributed by atoms with Crippen molar-refractivity contribution in [3.63, 3.8) is 0 Å². The SMILES string of the molecule is CC(=NO)c1ccc(C2=NOC(c3cc(Cl)cc(Cl)c3)(C(F)(F)F)C2)cc1C. The molecule has 0 saturated heterocycles. The number of halogens is 5. The molecule has 4 nitrogen and oxygen atoms in total. The lowest BCUT2D eigenvalue weighted by Crippen LogP contribution is -2.42. The quantitative estimate of drug-likeness (QED) is 0.364. The number of hydrogen-bond donors (Lipinski definition) is 1. The predicted molar refractivity (Wildman–Crippen MR) is 102 cm³/mol. The Morgan fingerprint density at radius 2 is 1.82 bits per heavy atom. The first-order valence-electron chi connectivity index (χ1n) is 8.16. The van der Waals surface area contributed by atoms with E-state index in [9.17, 15) is 13.2 Å². The normalized spacial score (nSPS) is 20.1. The summed E-state index contributed by atoms with van der Waals surface area (Å²) in [5, 5.41) is 15.9. The van der Waals surface area contributed by atoms with Crippen molar-refractivity contribution in [2.24, 2.45) is 10.3 Å². The van der Waals surface area contributed by atoms with E-state index in [1.807, 2.05) is 0 Å². The maximum atomic E-state index is 14.0. The minimum Gasteiger partial charge on any atom is -0.411 e. The van der Waals surface area contributed by atoms with Crippen LogP contribution >= 0.6 is 23.2 Å². The van der Waals surface area contributed by atoms with Crippen LogP contribution in [0.1, 0.15) is 35.6 Å². The Balaban J connectivity index is 2.01. The molecule has 2 aromatic carbocycles. The first kappa shape index (κ1) is 20.5. The van der Waals surface area contributed by atoms with E-state index in [2.05, 4.69) is 10.3 Å². The van der Waals surface area contributed by atoms with Crippen molar-refractivity contribution < 1.29 is 23.2 Å². The van der Waals surface area contributed by atoms with Gasteiger partial charge in [0.25, 0.3) is 5.60 Å². The molecule has 0 spiro atoms. The molecule has 0 fully saturated rings. The Morgan fingerprint density at radius 1 is 1.18 bits per heavy atom. The summed E-state index contributed by atoms with van der Waals surface area (Å²) in [6.45, 7) is 3.38. The fraction of sp³-hybridized carbons (Fsp3) is 0.263. The van der Waals surface area contributed by atoms with Crippen LogP contribution in [0.15, 0.2) is 46.7 Å². The van der Waals surface area contributed by atoms with E-state index >= 15 is 0 Å². The van der Waals surface area contributed by atoms with Gasteiger partial charge in [-0.25, -0.2) is 0 Å². The number of nitrogens with zero attached hydrogens (tertiary/aromatic N) is 2. The number of alkyl halides is 3. The number of aryl methyl sites for hydroxylation is 1. The molecule has 0 saturated carbocycles. The first-order chi connectivity index (χ1) is 13.1. The molecule has 0 bridgehead atoms. The Labute approximate surface area is 169 Å². The molecule has 28 heavy (non-hydrogen) atoms. The zero-order chi connectivity index (χ0) is 20.7. The van der Waals surface area contributed by atoms with Gasteiger partial charge in [-0.2, -0.15) is 13.2 Å². The molecular weight excluding hydrogens is 416 g/mol. The minimum atomic E-state index is -4.75. The second-order valence-corrected chi connectivity index (χ2v) is 7.38. The van der Waals surface area contributed by atoms with Crippen molar-refractivity contribution in [1.82, 2.24) is 0 Å². The van der Waals surface area contributed by atoms with E-state index in [1.165, 1.54) is 18.2 Å². The summed E-state index contributed by atoms with van der Waals surface area (Å²) in [6, 6.07) is 8.64. The van der Waals surface area contributed by atoms with Gasteiger partial charge >= 0.3 is 6.18 Å². The molecule has 0 aliphatic carbocycles. The van der Waals surface area contributed by atoms with E-state index in [1.54, 1.807) is 32.0 Å². The molecule has 3 rings (SSSR count). The van der Waals surface area contributed by atoms with Crippen LogP contribution in [0.25, 0.3) is 0 Å². The topological polar surface area (TPSA) is 54.2 Å². The minimum absolute atomic E-state index is 0.0714. The highest BCUT2D eigenvalue weighted by atomic mass is 35.5. The Hall–Kier alpha value is -2.25. The highest BCUT2D eigenvalue weighted by Crippen LogP contribution is 2.49.